The van der Waals surface area contributed by atoms with Gasteiger partial charge in [-0.3, -0.25) is 4.79 Å². The molecule has 0 aliphatic carbocycles. The molecule has 0 aliphatic rings. The summed E-state index contributed by atoms with van der Waals surface area (Å²) in [6, 6.07) is 17.3. The third kappa shape index (κ3) is 4.76. The number of hydrogen-bond acceptors (Lipinski definition) is 3. The summed E-state index contributed by atoms with van der Waals surface area (Å²) >= 11 is 0. The molecule has 0 saturated heterocycles. The van der Waals surface area contributed by atoms with Crippen molar-refractivity contribution >= 4 is 17.3 Å². The van der Waals surface area contributed by atoms with E-state index in [0.717, 1.165) is 16.8 Å². The Hall–Kier alpha value is -2.62. The number of amides is 1. The second-order valence-electron chi connectivity index (χ2n) is 4.84. The second-order valence-corrected chi connectivity index (χ2v) is 4.84. The van der Waals surface area contributed by atoms with Gasteiger partial charge >= 0.3 is 0 Å². The van der Waals surface area contributed by atoms with Gasteiger partial charge in [-0.05, 0) is 36.6 Å². The minimum absolute atomic E-state index is 0.0892. The molecular formula is C17H19N3O. The van der Waals surface area contributed by atoms with Gasteiger partial charge in [-0.2, -0.15) is 5.10 Å². The molecule has 0 aliphatic heterocycles. The lowest BCUT2D eigenvalue weighted by Gasteiger charge is -2.04. The molecule has 3 N–H and O–H groups in total. The summed E-state index contributed by atoms with van der Waals surface area (Å²) in [5.74, 6) is -0.0892. The van der Waals surface area contributed by atoms with Gasteiger partial charge in [0.25, 0.3) is 0 Å². The molecule has 0 saturated carbocycles. The van der Waals surface area contributed by atoms with Crippen molar-refractivity contribution in [3.63, 3.8) is 0 Å². The molecule has 4 nitrogen and oxygen atoms in total. The summed E-state index contributed by atoms with van der Waals surface area (Å²) < 4.78 is 0. The molecule has 1 amide bonds. The van der Waals surface area contributed by atoms with Crippen molar-refractivity contribution < 1.29 is 4.79 Å². The van der Waals surface area contributed by atoms with Crippen molar-refractivity contribution in [1.82, 2.24) is 5.43 Å². The number of hydrazone groups is 1. The number of carbonyl (C=O) groups excluding carboxylic acids is 1. The van der Waals surface area contributed by atoms with Gasteiger partial charge in [0.15, 0.2) is 0 Å². The number of benzene rings is 2. The Bertz CT molecular complexity index is 618. The van der Waals surface area contributed by atoms with E-state index in [2.05, 4.69) is 10.5 Å². The Morgan fingerprint density at radius 3 is 2.43 bits per heavy atom. The predicted octanol–water partition coefficient (Wildman–Crippen LogP) is 2.74. The van der Waals surface area contributed by atoms with E-state index in [1.807, 2.05) is 61.5 Å². The van der Waals surface area contributed by atoms with Gasteiger partial charge in [-0.25, -0.2) is 5.43 Å². The Balaban J connectivity index is 1.85. The zero-order valence-electron chi connectivity index (χ0n) is 12.0. The van der Waals surface area contributed by atoms with Gasteiger partial charge in [-0.15, -0.1) is 0 Å². The van der Waals surface area contributed by atoms with E-state index in [-0.39, 0.29) is 5.91 Å². The standard InChI is InChI=1S/C17H19N3O/c1-13(15-8-10-16(18)11-9-15)19-20-17(21)12-7-14-5-3-2-4-6-14/h2-6,8-11H,7,12,18H2,1H3,(H,20,21)/b19-13+. The fourth-order valence-electron chi connectivity index (χ4n) is 1.89. The molecule has 4 heteroatoms. The van der Waals surface area contributed by atoms with Crippen molar-refractivity contribution in [3.8, 4) is 0 Å². The Morgan fingerprint density at radius 1 is 1.10 bits per heavy atom. The van der Waals surface area contributed by atoms with Crippen molar-refractivity contribution in [2.24, 2.45) is 5.10 Å². The van der Waals surface area contributed by atoms with Gasteiger partial charge in [0, 0.05) is 12.1 Å². The maximum atomic E-state index is 11.8. The second kappa shape index (κ2) is 7.24. The molecule has 0 fully saturated rings. The van der Waals surface area contributed by atoms with Crippen molar-refractivity contribution in [1.29, 1.82) is 0 Å². The number of nitrogen functional groups attached to an aromatic ring is 1. The lowest BCUT2D eigenvalue weighted by atomic mass is 10.1. The monoisotopic (exact) mass is 281 g/mol. The van der Waals surface area contributed by atoms with Gasteiger partial charge in [0.2, 0.25) is 5.91 Å². The Kier molecular flexibility index (Phi) is 5.10. The molecule has 0 aromatic heterocycles. The summed E-state index contributed by atoms with van der Waals surface area (Å²) in [7, 11) is 0. The van der Waals surface area contributed by atoms with Crippen molar-refractivity contribution in [2.75, 3.05) is 5.73 Å². The smallest absolute Gasteiger partial charge is 0.240 e. The van der Waals surface area contributed by atoms with Crippen molar-refractivity contribution in [3.05, 3.63) is 65.7 Å². The molecule has 0 spiro atoms. The number of hydrogen-bond donors (Lipinski definition) is 2. The van der Waals surface area contributed by atoms with E-state index in [0.29, 0.717) is 18.5 Å². The molecule has 2 rings (SSSR count). The average Bonchev–Trinajstić information content (AvgIpc) is 2.52. The third-order valence-electron chi connectivity index (χ3n) is 3.16. The molecular weight excluding hydrogens is 262 g/mol. The summed E-state index contributed by atoms with van der Waals surface area (Å²) in [5, 5.41) is 4.11. The van der Waals surface area contributed by atoms with Crippen molar-refractivity contribution in [2.45, 2.75) is 19.8 Å². The molecule has 2 aromatic rings. The number of rotatable bonds is 5. The fourth-order valence-corrected chi connectivity index (χ4v) is 1.89. The zero-order chi connectivity index (χ0) is 15.1. The van der Waals surface area contributed by atoms with E-state index in [9.17, 15) is 4.79 Å². The van der Waals surface area contributed by atoms with Gasteiger partial charge < -0.3 is 5.73 Å². The highest BCUT2D eigenvalue weighted by atomic mass is 16.2. The topological polar surface area (TPSA) is 67.5 Å². The highest BCUT2D eigenvalue weighted by Gasteiger charge is 2.02. The van der Waals surface area contributed by atoms with E-state index >= 15 is 0 Å². The summed E-state index contributed by atoms with van der Waals surface area (Å²) in [4.78, 5) is 11.8. The van der Waals surface area contributed by atoms with E-state index in [1.165, 1.54) is 0 Å². The number of nitrogens with zero attached hydrogens (tertiary/aromatic N) is 1. The summed E-state index contributed by atoms with van der Waals surface area (Å²) in [6.07, 6.45) is 1.13. The summed E-state index contributed by atoms with van der Waals surface area (Å²) in [5.41, 5.74) is 11.8. The van der Waals surface area contributed by atoms with Crippen LogP contribution in [-0.4, -0.2) is 11.6 Å². The molecule has 0 heterocycles. The first kappa shape index (κ1) is 14.8. The SMILES string of the molecule is C/C(=N\NC(=O)CCc1ccccc1)c1ccc(N)cc1. The fraction of sp³-hybridized carbons (Fsp3) is 0.176. The van der Waals surface area contributed by atoms with Gasteiger partial charge in [-0.1, -0.05) is 42.5 Å². The van der Waals surface area contributed by atoms with Crippen LogP contribution in [0, 0.1) is 0 Å². The Morgan fingerprint density at radius 2 is 1.76 bits per heavy atom. The van der Waals surface area contributed by atoms with Crippen LogP contribution < -0.4 is 11.2 Å². The molecule has 0 atom stereocenters. The number of nitrogens with two attached hydrogens (primary N) is 1. The summed E-state index contributed by atoms with van der Waals surface area (Å²) in [6.45, 7) is 1.85. The molecule has 0 radical (unpaired) electrons. The molecule has 21 heavy (non-hydrogen) atoms. The molecule has 108 valence electrons. The number of anilines is 1. The van der Waals surface area contributed by atoms with E-state index < -0.39 is 0 Å². The molecule has 0 unspecified atom stereocenters. The first-order chi connectivity index (χ1) is 10.1. The lowest BCUT2D eigenvalue weighted by Crippen LogP contribution is -2.19. The first-order valence-electron chi connectivity index (χ1n) is 6.88. The van der Waals surface area contributed by atoms with Crippen LogP contribution in [0.2, 0.25) is 0 Å². The van der Waals surface area contributed by atoms with Crippen LogP contribution in [0.25, 0.3) is 0 Å². The quantitative estimate of drug-likeness (QED) is 0.502. The Labute approximate surface area is 124 Å². The van der Waals surface area contributed by atoms with Crippen LogP contribution in [0.3, 0.4) is 0 Å². The maximum Gasteiger partial charge on any atom is 0.240 e. The number of nitrogens with one attached hydrogen (secondary N) is 1. The largest absolute Gasteiger partial charge is 0.399 e. The minimum atomic E-state index is -0.0892. The van der Waals surface area contributed by atoms with Gasteiger partial charge in [0.05, 0.1) is 5.71 Å². The van der Waals surface area contributed by atoms with Crippen LogP contribution >= 0.6 is 0 Å². The van der Waals surface area contributed by atoms with E-state index in [1.54, 1.807) is 0 Å². The lowest BCUT2D eigenvalue weighted by molar-refractivity contribution is -0.121. The highest BCUT2D eigenvalue weighted by Crippen LogP contribution is 2.06. The maximum absolute atomic E-state index is 11.8. The highest BCUT2D eigenvalue weighted by molar-refractivity contribution is 5.99. The normalized spacial score (nSPS) is 11.2. The van der Waals surface area contributed by atoms with Crippen LogP contribution in [0.4, 0.5) is 5.69 Å². The third-order valence-corrected chi connectivity index (χ3v) is 3.16. The zero-order valence-corrected chi connectivity index (χ0v) is 12.0. The predicted molar refractivity (Wildman–Crippen MR) is 86.0 cm³/mol. The first-order valence-corrected chi connectivity index (χ1v) is 6.88. The van der Waals surface area contributed by atoms with Crippen LogP contribution in [-0.2, 0) is 11.2 Å². The van der Waals surface area contributed by atoms with Gasteiger partial charge in [0.1, 0.15) is 0 Å². The minimum Gasteiger partial charge on any atom is -0.399 e. The van der Waals surface area contributed by atoms with Crippen LogP contribution in [0.15, 0.2) is 59.7 Å². The van der Waals surface area contributed by atoms with Crippen LogP contribution in [0.5, 0.6) is 0 Å². The van der Waals surface area contributed by atoms with Crippen LogP contribution in [0.1, 0.15) is 24.5 Å². The number of carbonyl (C=O) groups is 1. The average molecular weight is 281 g/mol. The molecule has 0 bridgehead atoms. The van der Waals surface area contributed by atoms with E-state index in [4.69, 9.17) is 5.73 Å². The molecule has 2 aromatic carbocycles. The number of aryl methyl sites for hydroxylation is 1.